The summed E-state index contributed by atoms with van der Waals surface area (Å²) >= 11 is 1.51. The zero-order valence-electron chi connectivity index (χ0n) is 12.5. The number of aliphatic carboxylic acids is 1. The predicted molar refractivity (Wildman–Crippen MR) is 78.7 cm³/mol. The summed E-state index contributed by atoms with van der Waals surface area (Å²) in [6.07, 6.45) is 2.65. The maximum Gasteiger partial charge on any atom is 0.307 e. The molecule has 112 valence electrons. The van der Waals surface area contributed by atoms with Crippen LogP contribution in [0.3, 0.4) is 0 Å². The number of aromatic amines is 1. The molecule has 0 aliphatic heterocycles. The highest BCUT2D eigenvalue weighted by molar-refractivity contribution is 7.99. The number of aromatic nitrogens is 3. The maximum atomic E-state index is 11.5. The van der Waals surface area contributed by atoms with Gasteiger partial charge in [-0.05, 0) is 37.5 Å². The summed E-state index contributed by atoms with van der Waals surface area (Å²) in [4.78, 5) is 15.7. The van der Waals surface area contributed by atoms with Crippen molar-refractivity contribution < 1.29 is 9.90 Å². The molecule has 3 unspecified atom stereocenters. The molecule has 1 aromatic rings. The number of thioether (sulfide) groups is 1. The highest BCUT2D eigenvalue weighted by Crippen LogP contribution is 2.45. The van der Waals surface area contributed by atoms with E-state index in [2.05, 4.69) is 36.0 Å². The zero-order valence-corrected chi connectivity index (χ0v) is 13.3. The van der Waals surface area contributed by atoms with Crippen molar-refractivity contribution in [1.29, 1.82) is 0 Å². The average Bonchev–Trinajstić information content (AvgIpc) is 2.73. The van der Waals surface area contributed by atoms with Crippen molar-refractivity contribution in [2.45, 2.75) is 57.4 Å². The molecule has 2 N–H and O–H groups in total. The van der Waals surface area contributed by atoms with E-state index in [4.69, 9.17) is 0 Å². The third-order valence-corrected chi connectivity index (χ3v) is 5.38. The number of aryl methyl sites for hydroxylation is 1. The van der Waals surface area contributed by atoms with E-state index < -0.39 is 5.97 Å². The molecule has 0 radical (unpaired) electrons. The maximum absolute atomic E-state index is 11.5. The van der Waals surface area contributed by atoms with Gasteiger partial charge in [0.2, 0.25) is 5.16 Å². The van der Waals surface area contributed by atoms with Crippen LogP contribution in [0, 0.1) is 24.2 Å². The third-order valence-electron chi connectivity index (χ3n) is 4.17. The van der Waals surface area contributed by atoms with Crippen molar-refractivity contribution in [3.8, 4) is 0 Å². The van der Waals surface area contributed by atoms with E-state index in [1.165, 1.54) is 11.8 Å². The summed E-state index contributed by atoms with van der Waals surface area (Å²) in [7, 11) is 0. The van der Waals surface area contributed by atoms with Gasteiger partial charge in [0.1, 0.15) is 5.82 Å². The Balaban J connectivity index is 2.12. The predicted octanol–water partition coefficient (Wildman–Crippen LogP) is 3.12. The molecule has 0 amide bonds. The summed E-state index contributed by atoms with van der Waals surface area (Å²) < 4.78 is 0. The molecule has 1 saturated carbocycles. The van der Waals surface area contributed by atoms with Crippen LogP contribution in [0.25, 0.3) is 0 Å². The fourth-order valence-corrected chi connectivity index (χ4v) is 4.14. The Morgan fingerprint density at radius 3 is 2.60 bits per heavy atom. The number of hydrogen-bond acceptors (Lipinski definition) is 4. The van der Waals surface area contributed by atoms with E-state index >= 15 is 0 Å². The Labute approximate surface area is 124 Å². The molecule has 0 saturated heterocycles. The minimum Gasteiger partial charge on any atom is -0.481 e. The summed E-state index contributed by atoms with van der Waals surface area (Å²) in [5.74, 6) is 0.331. The van der Waals surface area contributed by atoms with Crippen molar-refractivity contribution in [3.05, 3.63) is 5.82 Å². The van der Waals surface area contributed by atoms with Crippen LogP contribution in [0.2, 0.25) is 0 Å². The molecule has 3 atom stereocenters. The van der Waals surface area contributed by atoms with Crippen molar-refractivity contribution >= 4 is 17.7 Å². The van der Waals surface area contributed by atoms with Crippen LogP contribution < -0.4 is 0 Å². The van der Waals surface area contributed by atoms with Crippen LogP contribution >= 0.6 is 11.8 Å². The minimum absolute atomic E-state index is 0.0562. The number of carboxylic acid groups (broad SMARTS) is 1. The van der Waals surface area contributed by atoms with Crippen molar-refractivity contribution in [3.63, 3.8) is 0 Å². The summed E-state index contributed by atoms with van der Waals surface area (Å²) in [6.45, 7) is 8.55. The van der Waals surface area contributed by atoms with Crippen LogP contribution in [0.4, 0.5) is 0 Å². The van der Waals surface area contributed by atoms with Crippen LogP contribution in [-0.2, 0) is 4.79 Å². The Kier molecular flexibility index (Phi) is 4.42. The average molecular weight is 297 g/mol. The molecule has 20 heavy (non-hydrogen) atoms. The standard InChI is InChI=1S/C14H23N3O2S/c1-8-15-13(17-16-8)20-11-7-9(14(2,3)4)5-6-10(11)12(18)19/h9-11H,5-7H2,1-4H3,(H,18,19)(H,15,16,17). The number of hydrogen-bond donors (Lipinski definition) is 2. The fourth-order valence-electron chi connectivity index (χ4n) is 2.84. The monoisotopic (exact) mass is 297 g/mol. The zero-order chi connectivity index (χ0) is 14.9. The molecule has 1 aliphatic rings. The number of nitrogens with one attached hydrogen (secondary N) is 1. The lowest BCUT2D eigenvalue weighted by Crippen LogP contribution is -2.37. The largest absolute Gasteiger partial charge is 0.481 e. The van der Waals surface area contributed by atoms with Gasteiger partial charge in [0, 0.05) is 5.25 Å². The van der Waals surface area contributed by atoms with Gasteiger partial charge in [-0.3, -0.25) is 9.89 Å². The van der Waals surface area contributed by atoms with Gasteiger partial charge in [0.05, 0.1) is 5.92 Å². The van der Waals surface area contributed by atoms with Gasteiger partial charge in [-0.25, -0.2) is 4.98 Å². The number of carboxylic acids is 1. The SMILES string of the molecule is Cc1nc(SC2CC(C(C)(C)C)CCC2C(=O)O)n[nH]1. The number of nitrogens with zero attached hydrogens (tertiary/aromatic N) is 2. The highest BCUT2D eigenvalue weighted by atomic mass is 32.2. The van der Waals surface area contributed by atoms with E-state index in [0.29, 0.717) is 11.1 Å². The van der Waals surface area contributed by atoms with E-state index in [-0.39, 0.29) is 16.6 Å². The Bertz CT molecular complexity index is 481. The number of rotatable bonds is 3. The normalized spacial score (nSPS) is 27.5. The van der Waals surface area contributed by atoms with E-state index in [1.54, 1.807) is 0 Å². The molecule has 6 heteroatoms. The van der Waals surface area contributed by atoms with Gasteiger partial charge in [0.15, 0.2) is 0 Å². The molecule has 1 fully saturated rings. The summed E-state index contributed by atoms with van der Waals surface area (Å²) in [5.41, 5.74) is 0.219. The first-order chi connectivity index (χ1) is 9.27. The van der Waals surface area contributed by atoms with E-state index in [0.717, 1.165) is 25.1 Å². The molecule has 1 aromatic heterocycles. The van der Waals surface area contributed by atoms with Crippen LogP contribution in [0.1, 0.15) is 45.9 Å². The highest BCUT2D eigenvalue weighted by Gasteiger charge is 2.40. The molecular formula is C14H23N3O2S. The first-order valence-corrected chi connectivity index (χ1v) is 7.94. The number of H-pyrrole nitrogens is 1. The van der Waals surface area contributed by atoms with Crippen LogP contribution in [0.5, 0.6) is 0 Å². The summed E-state index contributed by atoms with van der Waals surface area (Å²) in [5, 5.41) is 17.1. The second kappa shape index (κ2) is 5.76. The second-order valence-electron chi connectivity index (χ2n) is 6.68. The molecule has 0 spiro atoms. The van der Waals surface area contributed by atoms with Gasteiger partial charge in [0.25, 0.3) is 0 Å². The Morgan fingerprint density at radius 1 is 1.40 bits per heavy atom. The van der Waals surface area contributed by atoms with Crippen molar-refractivity contribution in [2.24, 2.45) is 17.3 Å². The van der Waals surface area contributed by atoms with Crippen LogP contribution in [0.15, 0.2) is 5.16 Å². The van der Waals surface area contributed by atoms with E-state index in [1.807, 2.05) is 6.92 Å². The summed E-state index contributed by atoms with van der Waals surface area (Å²) in [6, 6.07) is 0. The second-order valence-corrected chi connectivity index (χ2v) is 7.89. The van der Waals surface area contributed by atoms with Gasteiger partial charge in [-0.1, -0.05) is 32.5 Å². The van der Waals surface area contributed by atoms with Gasteiger partial charge in [-0.15, -0.1) is 5.10 Å². The van der Waals surface area contributed by atoms with E-state index in [9.17, 15) is 9.90 Å². The quantitative estimate of drug-likeness (QED) is 0.896. The third kappa shape index (κ3) is 3.53. The molecule has 2 rings (SSSR count). The van der Waals surface area contributed by atoms with Gasteiger partial charge >= 0.3 is 5.97 Å². The Morgan fingerprint density at radius 2 is 2.10 bits per heavy atom. The van der Waals surface area contributed by atoms with Crippen molar-refractivity contribution in [1.82, 2.24) is 15.2 Å². The van der Waals surface area contributed by atoms with Gasteiger partial charge < -0.3 is 5.11 Å². The Hall–Kier alpha value is -1.04. The molecule has 5 nitrogen and oxygen atoms in total. The van der Waals surface area contributed by atoms with Gasteiger partial charge in [-0.2, -0.15) is 0 Å². The molecule has 0 aromatic carbocycles. The molecule has 0 bridgehead atoms. The lowest BCUT2D eigenvalue weighted by molar-refractivity contribution is -0.143. The molecule has 1 heterocycles. The minimum atomic E-state index is -0.692. The first-order valence-electron chi connectivity index (χ1n) is 7.06. The molecular weight excluding hydrogens is 274 g/mol. The van der Waals surface area contributed by atoms with Crippen LogP contribution in [-0.4, -0.2) is 31.5 Å². The lowest BCUT2D eigenvalue weighted by atomic mass is 9.69. The fraction of sp³-hybridized carbons (Fsp3) is 0.786. The lowest BCUT2D eigenvalue weighted by Gasteiger charge is -2.39. The smallest absolute Gasteiger partial charge is 0.307 e. The first kappa shape index (κ1) is 15.4. The number of carbonyl (C=O) groups is 1. The molecule has 1 aliphatic carbocycles. The topological polar surface area (TPSA) is 78.9 Å². The van der Waals surface area contributed by atoms with Crippen molar-refractivity contribution in [2.75, 3.05) is 0 Å².